The fourth-order valence-electron chi connectivity index (χ4n) is 2.63. The van der Waals surface area contributed by atoms with E-state index in [1.165, 1.54) is 10.5 Å². The predicted molar refractivity (Wildman–Crippen MR) is 85.7 cm³/mol. The highest BCUT2D eigenvalue weighted by Gasteiger charge is 2.32. The number of imide groups is 1. The summed E-state index contributed by atoms with van der Waals surface area (Å²) in [5.74, 6) is -0.132. The van der Waals surface area contributed by atoms with Gasteiger partial charge in [-0.1, -0.05) is 48.5 Å². The second kappa shape index (κ2) is 6.43. The lowest BCUT2D eigenvalue weighted by atomic mass is 10.1. The number of carbonyl (C=O) groups is 2. The van der Waals surface area contributed by atoms with Gasteiger partial charge in [-0.05, 0) is 24.1 Å². The molecule has 1 fully saturated rings. The molecule has 2 aromatic rings. The molecule has 0 aromatic heterocycles. The van der Waals surface area contributed by atoms with Crippen LogP contribution in [-0.2, 0) is 11.2 Å². The summed E-state index contributed by atoms with van der Waals surface area (Å²) in [7, 11) is 0. The number of hydrogen-bond acceptors (Lipinski definition) is 2. The lowest BCUT2D eigenvalue weighted by molar-refractivity contribution is -0.119. The van der Waals surface area contributed by atoms with Gasteiger partial charge >= 0.3 is 6.03 Å². The van der Waals surface area contributed by atoms with Crippen molar-refractivity contribution in [3.8, 4) is 0 Å². The van der Waals surface area contributed by atoms with Crippen LogP contribution in [0, 0.1) is 0 Å². The number of urea groups is 1. The van der Waals surface area contributed by atoms with Gasteiger partial charge in [0.25, 0.3) is 0 Å². The Bertz CT molecular complexity index is 655. The van der Waals surface area contributed by atoms with E-state index < -0.39 is 0 Å². The van der Waals surface area contributed by atoms with Crippen LogP contribution < -0.4 is 4.90 Å². The summed E-state index contributed by atoms with van der Waals surface area (Å²) in [5.41, 5.74) is 1.83. The fourth-order valence-corrected chi connectivity index (χ4v) is 2.63. The first-order valence-electron chi connectivity index (χ1n) is 7.46. The zero-order valence-electron chi connectivity index (χ0n) is 12.3. The lowest BCUT2D eigenvalue weighted by Gasteiger charge is -2.34. The van der Waals surface area contributed by atoms with E-state index in [9.17, 15) is 9.59 Å². The van der Waals surface area contributed by atoms with Gasteiger partial charge in [0.05, 0.1) is 5.69 Å². The van der Waals surface area contributed by atoms with Gasteiger partial charge < -0.3 is 4.90 Å². The molecule has 4 nitrogen and oxygen atoms in total. The average Bonchev–Trinajstić information content (AvgIpc) is 2.56. The Morgan fingerprint density at radius 3 is 2.18 bits per heavy atom. The van der Waals surface area contributed by atoms with E-state index in [1.54, 1.807) is 17.0 Å². The van der Waals surface area contributed by atoms with Crippen LogP contribution in [0.15, 0.2) is 60.7 Å². The molecule has 22 heavy (non-hydrogen) atoms. The predicted octanol–water partition coefficient (Wildman–Crippen LogP) is 3.09. The molecule has 3 rings (SSSR count). The van der Waals surface area contributed by atoms with Crippen molar-refractivity contribution in [2.45, 2.75) is 12.8 Å². The first-order valence-corrected chi connectivity index (χ1v) is 7.46. The second-order valence-corrected chi connectivity index (χ2v) is 5.32. The monoisotopic (exact) mass is 294 g/mol. The molecule has 1 aliphatic heterocycles. The Morgan fingerprint density at radius 1 is 0.864 bits per heavy atom. The van der Waals surface area contributed by atoms with Gasteiger partial charge in [-0.15, -0.1) is 0 Å². The summed E-state index contributed by atoms with van der Waals surface area (Å²) in [6, 6.07) is 19.0. The minimum Gasteiger partial charge on any atom is -0.323 e. The van der Waals surface area contributed by atoms with Gasteiger partial charge in [0.2, 0.25) is 5.91 Å². The van der Waals surface area contributed by atoms with E-state index in [0.29, 0.717) is 25.2 Å². The van der Waals surface area contributed by atoms with E-state index in [0.717, 1.165) is 6.42 Å². The van der Waals surface area contributed by atoms with Gasteiger partial charge in [-0.2, -0.15) is 0 Å². The summed E-state index contributed by atoms with van der Waals surface area (Å²) in [5, 5.41) is 0. The van der Waals surface area contributed by atoms with Crippen molar-refractivity contribution in [3.05, 3.63) is 66.2 Å². The molecular weight excluding hydrogens is 276 g/mol. The molecular formula is C18H18N2O2. The molecule has 3 amide bonds. The van der Waals surface area contributed by atoms with Crippen LogP contribution in [-0.4, -0.2) is 29.9 Å². The molecule has 4 heteroatoms. The maximum Gasteiger partial charge on any atom is 0.331 e. The van der Waals surface area contributed by atoms with Gasteiger partial charge in [0.15, 0.2) is 0 Å². The highest BCUT2D eigenvalue weighted by atomic mass is 16.2. The van der Waals surface area contributed by atoms with Crippen LogP contribution in [0.4, 0.5) is 10.5 Å². The first kappa shape index (κ1) is 14.3. The highest BCUT2D eigenvalue weighted by Crippen LogP contribution is 2.20. The average molecular weight is 294 g/mol. The number of benzene rings is 2. The standard InChI is InChI=1S/C18H18N2O2/c21-17-12-14-19(13-11-15-7-3-1-4-8-15)18(22)20(17)16-9-5-2-6-10-16/h1-10H,11-14H2. The third-order valence-electron chi connectivity index (χ3n) is 3.83. The van der Waals surface area contributed by atoms with Crippen LogP contribution in [0.25, 0.3) is 0 Å². The van der Waals surface area contributed by atoms with Crippen LogP contribution in [0.3, 0.4) is 0 Å². The molecule has 0 N–H and O–H groups in total. The van der Waals surface area contributed by atoms with Crippen LogP contribution in [0.5, 0.6) is 0 Å². The maximum atomic E-state index is 12.6. The molecule has 112 valence electrons. The molecule has 0 bridgehead atoms. The molecule has 1 aliphatic rings. The first-order chi connectivity index (χ1) is 10.8. The maximum absolute atomic E-state index is 12.6. The van der Waals surface area contributed by atoms with Gasteiger partial charge in [0.1, 0.15) is 0 Å². The largest absolute Gasteiger partial charge is 0.331 e. The number of nitrogens with zero attached hydrogens (tertiary/aromatic N) is 2. The molecule has 0 saturated carbocycles. The highest BCUT2D eigenvalue weighted by molar-refractivity contribution is 6.15. The van der Waals surface area contributed by atoms with E-state index in [2.05, 4.69) is 12.1 Å². The number of hydrogen-bond donors (Lipinski definition) is 0. The van der Waals surface area contributed by atoms with Crippen molar-refractivity contribution < 1.29 is 9.59 Å². The normalized spacial score (nSPS) is 15.3. The van der Waals surface area contributed by atoms with Crippen molar-refractivity contribution in [1.29, 1.82) is 0 Å². The Labute approximate surface area is 130 Å². The Kier molecular flexibility index (Phi) is 4.19. The number of rotatable bonds is 4. The van der Waals surface area contributed by atoms with Gasteiger partial charge in [-0.25, -0.2) is 9.69 Å². The number of carbonyl (C=O) groups excluding carboxylic acids is 2. The molecule has 0 spiro atoms. The van der Waals surface area contributed by atoms with E-state index in [1.807, 2.05) is 36.4 Å². The minimum absolute atomic E-state index is 0.132. The zero-order valence-corrected chi connectivity index (χ0v) is 12.3. The van der Waals surface area contributed by atoms with Crippen LogP contribution in [0.2, 0.25) is 0 Å². The molecule has 0 radical (unpaired) electrons. The number of para-hydroxylation sites is 1. The summed E-state index contributed by atoms with van der Waals surface area (Å²) in [6.45, 7) is 1.12. The third kappa shape index (κ3) is 3.01. The molecule has 0 atom stereocenters. The van der Waals surface area contributed by atoms with E-state index >= 15 is 0 Å². The molecule has 1 saturated heterocycles. The Morgan fingerprint density at radius 2 is 1.50 bits per heavy atom. The van der Waals surface area contributed by atoms with E-state index in [4.69, 9.17) is 0 Å². The molecule has 2 aromatic carbocycles. The van der Waals surface area contributed by atoms with Gasteiger partial charge in [0, 0.05) is 19.5 Å². The number of amides is 3. The van der Waals surface area contributed by atoms with Crippen molar-refractivity contribution in [2.75, 3.05) is 18.0 Å². The van der Waals surface area contributed by atoms with Crippen molar-refractivity contribution >= 4 is 17.6 Å². The quantitative estimate of drug-likeness (QED) is 0.869. The third-order valence-corrected chi connectivity index (χ3v) is 3.83. The number of anilines is 1. The summed E-state index contributed by atoms with van der Waals surface area (Å²) in [6.07, 6.45) is 1.17. The summed E-state index contributed by atoms with van der Waals surface area (Å²) < 4.78 is 0. The fraction of sp³-hybridized carbons (Fsp3) is 0.222. The van der Waals surface area contributed by atoms with E-state index in [-0.39, 0.29) is 11.9 Å². The lowest BCUT2D eigenvalue weighted by Crippen LogP contribution is -2.53. The van der Waals surface area contributed by atoms with Crippen molar-refractivity contribution in [2.24, 2.45) is 0 Å². The molecule has 1 heterocycles. The smallest absolute Gasteiger partial charge is 0.323 e. The SMILES string of the molecule is O=C1CCN(CCc2ccccc2)C(=O)N1c1ccccc1. The van der Waals surface area contributed by atoms with Crippen molar-refractivity contribution in [3.63, 3.8) is 0 Å². The van der Waals surface area contributed by atoms with Crippen molar-refractivity contribution in [1.82, 2.24) is 4.90 Å². The Balaban J connectivity index is 1.71. The summed E-state index contributed by atoms with van der Waals surface area (Å²) >= 11 is 0. The van der Waals surface area contributed by atoms with Crippen LogP contribution >= 0.6 is 0 Å². The molecule has 0 unspecified atom stereocenters. The van der Waals surface area contributed by atoms with Crippen LogP contribution in [0.1, 0.15) is 12.0 Å². The Hall–Kier alpha value is -2.62. The molecule has 0 aliphatic carbocycles. The topological polar surface area (TPSA) is 40.6 Å². The van der Waals surface area contributed by atoms with Gasteiger partial charge in [-0.3, -0.25) is 4.79 Å². The second-order valence-electron chi connectivity index (χ2n) is 5.32. The summed E-state index contributed by atoms with van der Waals surface area (Å²) in [4.78, 5) is 27.7. The minimum atomic E-state index is -0.224. The zero-order chi connectivity index (χ0) is 15.4.